The maximum absolute atomic E-state index is 12.0. The summed E-state index contributed by atoms with van der Waals surface area (Å²) >= 11 is 6.15. The molecule has 1 aromatic rings. The van der Waals surface area contributed by atoms with Crippen LogP contribution in [-0.2, 0) is 11.2 Å². The van der Waals surface area contributed by atoms with Crippen LogP contribution in [0.15, 0.2) is 18.2 Å². The Hall–Kier alpha value is -1.26. The van der Waals surface area contributed by atoms with E-state index in [9.17, 15) is 4.79 Å². The second-order valence-corrected chi connectivity index (χ2v) is 5.25. The predicted octanol–water partition coefficient (Wildman–Crippen LogP) is 2.52. The highest BCUT2D eigenvalue weighted by atomic mass is 35.5. The molecule has 112 valence electrons. The van der Waals surface area contributed by atoms with Crippen molar-refractivity contribution in [3.8, 4) is 5.75 Å². The van der Waals surface area contributed by atoms with E-state index in [-0.39, 0.29) is 11.9 Å². The zero-order chi connectivity index (χ0) is 15.1. The third kappa shape index (κ3) is 4.69. The van der Waals surface area contributed by atoms with E-state index >= 15 is 0 Å². The van der Waals surface area contributed by atoms with Gasteiger partial charge in [-0.05, 0) is 44.9 Å². The lowest BCUT2D eigenvalue weighted by atomic mass is 10.1. The Morgan fingerprint density at radius 3 is 2.75 bits per heavy atom. The van der Waals surface area contributed by atoms with Gasteiger partial charge in [0.2, 0.25) is 0 Å². The summed E-state index contributed by atoms with van der Waals surface area (Å²) in [6, 6.07) is 5.64. The van der Waals surface area contributed by atoms with Crippen molar-refractivity contribution in [3.05, 3.63) is 28.8 Å². The highest BCUT2D eigenvalue weighted by Gasteiger charge is 2.19. The van der Waals surface area contributed by atoms with Crippen molar-refractivity contribution >= 4 is 17.5 Å². The van der Waals surface area contributed by atoms with Crippen molar-refractivity contribution in [1.29, 1.82) is 0 Å². The van der Waals surface area contributed by atoms with Gasteiger partial charge in [-0.3, -0.25) is 4.79 Å². The van der Waals surface area contributed by atoms with E-state index in [1.807, 2.05) is 26.0 Å². The molecule has 1 aromatic carbocycles. The molecule has 1 amide bonds. The number of hydrogen-bond acceptors (Lipinski definition) is 3. The topological polar surface area (TPSA) is 64.3 Å². The minimum atomic E-state index is -0.597. The monoisotopic (exact) mass is 298 g/mol. The minimum absolute atomic E-state index is 0.128. The van der Waals surface area contributed by atoms with Crippen LogP contribution in [0.4, 0.5) is 0 Å². The summed E-state index contributed by atoms with van der Waals surface area (Å²) in [4.78, 5) is 12.0. The molecule has 20 heavy (non-hydrogen) atoms. The molecule has 4 nitrogen and oxygen atoms in total. The number of para-hydroxylation sites is 1. The molecule has 2 unspecified atom stereocenters. The van der Waals surface area contributed by atoms with Crippen molar-refractivity contribution < 1.29 is 9.53 Å². The SMILES string of the molecule is CCC(C)NC(=O)C(C)Oc1c(Cl)cccc1CCN. The summed E-state index contributed by atoms with van der Waals surface area (Å²) in [5.41, 5.74) is 6.50. The van der Waals surface area contributed by atoms with E-state index in [1.165, 1.54) is 0 Å². The third-order valence-corrected chi connectivity index (χ3v) is 3.42. The van der Waals surface area contributed by atoms with Gasteiger partial charge in [0.1, 0.15) is 5.75 Å². The van der Waals surface area contributed by atoms with Crippen LogP contribution >= 0.6 is 11.6 Å². The van der Waals surface area contributed by atoms with Crippen LogP contribution in [0, 0.1) is 0 Å². The molecule has 0 aliphatic rings. The molecule has 0 fully saturated rings. The van der Waals surface area contributed by atoms with Gasteiger partial charge in [-0.2, -0.15) is 0 Å². The maximum Gasteiger partial charge on any atom is 0.260 e. The molecule has 3 N–H and O–H groups in total. The van der Waals surface area contributed by atoms with E-state index in [1.54, 1.807) is 13.0 Å². The first-order valence-corrected chi connectivity index (χ1v) is 7.31. The molecular formula is C15H23ClN2O2. The average molecular weight is 299 g/mol. The number of rotatable bonds is 7. The number of amides is 1. The summed E-state index contributed by atoms with van der Waals surface area (Å²) in [6.45, 7) is 6.20. The molecule has 0 heterocycles. The molecule has 5 heteroatoms. The van der Waals surface area contributed by atoms with Gasteiger partial charge in [-0.25, -0.2) is 0 Å². The van der Waals surface area contributed by atoms with Crippen LogP contribution < -0.4 is 15.8 Å². The number of carbonyl (C=O) groups is 1. The third-order valence-electron chi connectivity index (χ3n) is 3.13. The standard InChI is InChI=1S/C15H23ClN2O2/c1-4-10(2)18-15(19)11(3)20-14-12(8-9-17)6-5-7-13(14)16/h5-7,10-11H,4,8-9,17H2,1-3H3,(H,18,19). The van der Waals surface area contributed by atoms with Gasteiger partial charge in [0.05, 0.1) is 5.02 Å². The summed E-state index contributed by atoms with van der Waals surface area (Å²) in [6.07, 6.45) is 0.943. The molecular weight excluding hydrogens is 276 g/mol. The van der Waals surface area contributed by atoms with Crippen LogP contribution in [0.5, 0.6) is 5.75 Å². The van der Waals surface area contributed by atoms with Gasteiger partial charge in [-0.1, -0.05) is 30.7 Å². The Labute approximate surface area is 125 Å². The average Bonchev–Trinajstić information content (AvgIpc) is 2.42. The van der Waals surface area contributed by atoms with Gasteiger partial charge in [0, 0.05) is 6.04 Å². The fraction of sp³-hybridized carbons (Fsp3) is 0.533. The lowest BCUT2D eigenvalue weighted by Crippen LogP contribution is -2.41. The highest BCUT2D eigenvalue weighted by Crippen LogP contribution is 2.29. The number of nitrogens with one attached hydrogen (secondary N) is 1. The Kier molecular flexibility index (Phi) is 6.82. The molecule has 0 spiro atoms. The van der Waals surface area contributed by atoms with Crippen molar-refractivity contribution in [2.75, 3.05) is 6.54 Å². The smallest absolute Gasteiger partial charge is 0.260 e. The van der Waals surface area contributed by atoms with Crippen LogP contribution in [-0.4, -0.2) is 24.6 Å². The van der Waals surface area contributed by atoms with Crippen LogP contribution in [0.1, 0.15) is 32.8 Å². The summed E-state index contributed by atoms with van der Waals surface area (Å²) in [5.74, 6) is 0.407. The Bertz CT molecular complexity index is 451. The molecule has 0 aliphatic carbocycles. The van der Waals surface area contributed by atoms with E-state index in [2.05, 4.69) is 5.32 Å². The molecule has 1 rings (SSSR count). The fourth-order valence-electron chi connectivity index (χ4n) is 1.73. The first-order valence-electron chi connectivity index (χ1n) is 6.94. The Morgan fingerprint density at radius 1 is 1.45 bits per heavy atom. The van der Waals surface area contributed by atoms with E-state index in [0.717, 1.165) is 12.0 Å². The van der Waals surface area contributed by atoms with Crippen molar-refractivity contribution in [2.45, 2.75) is 45.8 Å². The molecule has 0 saturated carbocycles. The van der Waals surface area contributed by atoms with Crippen molar-refractivity contribution in [3.63, 3.8) is 0 Å². The normalized spacial score (nSPS) is 13.7. The Morgan fingerprint density at radius 2 is 2.15 bits per heavy atom. The van der Waals surface area contributed by atoms with Crippen molar-refractivity contribution in [2.24, 2.45) is 5.73 Å². The zero-order valence-electron chi connectivity index (χ0n) is 12.3. The van der Waals surface area contributed by atoms with Gasteiger partial charge in [0.25, 0.3) is 5.91 Å². The lowest BCUT2D eigenvalue weighted by Gasteiger charge is -2.20. The highest BCUT2D eigenvalue weighted by molar-refractivity contribution is 6.32. The summed E-state index contributed by atoms with van der Waals surface area (Å²) < 4.78 is 5.74. The predicted molar refractivity (Wildman–Crippen MR) is 82.2 cm³/mol. The van der Waals surface area contributed by atoms with E-state index < -0.39 is 6.10 Å². The fourth-order valence-corrected chi connectivity index (χ4v) is 1.97. The molecule has 0 radical (unpaired) electrons. The number of nitrogens with two attached hydrogens (primary N) is 1. The minimum Gasteiger partial charge on any atom is -0.479 e. The molecule has 0 aromatic heterocycles. The van der Waals surface area contributed by atoms with Crippen LogP contribution in [0.3, 0.4) is 0 Å². The second kappa shape index (κ2) is 8.12. The van der Waals surface area contributed by atoms with Gasteiger partial charge >= 0.3 is 0 Å². The van der Waals surface area contributed by atoms with Gasteiger partial charge in [-0.15, -0.1) is 0 Å². The number of ether oxygens (including phenoxy) is 1. The quantitative estimate of drug-likeness (QED) is 0.813. The number of hydrogen-bond donors (Lipinski definition) is 2. The van der Waals surface area contributed by atoms with Crippen molar-refractivity contribution in [1.82, 2.24) is 5.32 Å². The summed E-state index contributed by atoms with van der Waals surface area (Å²) in [7, 11) is 0. The molecule has 0 saturated heterocycles. The van der Waals surface area contributed by atoms with Gasteiger partial charge < -0.3 is 15.8 Å². The zero-order valence-corrected chi connectivity index (χ0v) is 13.0. The first kappa shape index (κ1) is 16.8. The molecule has 0 aliphatic heterocycles. The summed E-state index contributed by atoms with van der Waals surface area (Å²) in [5, 5.41) is 3.39. The largest absolute Gasteiger partial charge is 0.479 e. The van der Waals surface area contributed by atoms with Crippen LogP contribution in [0.2, 0.25) is 5.02 Å². The lowest BCUT2D eigenvalue weighted by molar-refractivity contribution is -0.127. The maximum atomic E-state index is 12.0. The van der Waals surface area contributed by atoms with E-state index in [0.29, 0.717) is 23.7 Å². The number of halogens is 1. The van der Waals surface area contributed by atoms with E-state index in [4.69, 9.17) is 22.1 Å². The second-order valence-electron chi connectivity index (χ2n) is 4.84. The van der Waals surface area contributed by atoms with Gasteiger partial charge in [0.15, 0.2) is 6.10 Å². The number of benzene rings is 1. The van der Waals surface area contributed by atoms with Crippen LogP contribution in [0.25, 0.3) is 0 Å². The Balaban J connectivity index is 2.79. The molecule has 0 bridgehead atoms. The number of carbonyl (C=O) groups excluding carboxylic acids is 1. The molecule has 2 atom stereocenters. The first-order chi connectivity index (χ1) is 9.49.